The van der Waals surface area contributed by atoms with Crippen molar-refractivity contribution in [1.82, 2.24) is 4.98 Å². The van der Waals surface area contributed by atoms with Crippen molar-refractivity contribution in [1.29, 1.82) is 0 Å². The summed E-state index contributed by atoms with van der Waals surface area (Å²) in [6, 6.07) is 14.0. The van der Waals surface area contributed by atoms with Crippen molar-refractivity contribution in [2.45, 2.75) is 0 Å². The fourth-order valence-electron chi connectivity index (χ4n) is 0.954. The van der Waals surface area contributed by atoms with Gasteiger partial charge in [0.25, 0.3) is 0 Å². The molecule has 0 spiro atoms. The molecule has 0 aliphatic carbocycles. The lowest BCUT2D eigenvalue weighted by molar-refractivity contribution is 0.480. The lowest BCUT2D eigenvalue weighted by atomic mass is 10.3. The molecule has 0 atom stereocenters. The summed E-state index contributed by atoms with van der Waals surface area (Å²) in [5.74, 6) is 1.47. The van der Waals surface area contributed by atoms with E-state index in [0.29, 0.717) is 5.75 Å². The van der Waals surface area contributed by atoms with Gasteiger partial charge in [-0.2, -0.15) is 0 Å². The van der Waals surface area contributed by atoms with Crippen molar-refractivity contribution in [2.75, 3.05) is 0 Å². The first kappa shape index (κ1) is 7.63. The van der Waals surface area contributed by atoms with Gasteiger partial charge in [0, 0.05) is 12.3 Å². The molecular weight excluding hydrogens is 162 g/mol. The van der Waals surface area contributed by atoms with Crippen molar-refractivity contribution < 1.29 is 4.74 Å². The number of benzene rings is 1. The number of rotatable bonds is 2. The number of hydrogen-bond acceptors (Lipinski definition) is 2. The van der Waals surface area contributed by atoms with E-state index >= 15 is 0 Å². The molecule has 2 aromatic rings. The summed E-state index contributed by atoms with van der Waals surface area (Å²) in [7, 11) is 0. The molecule has 1 aromatic carbocycles. The normalized spacial score (nSPS) is 8.92. The zero-order valence-corrected chi connectivity index (χ0v) is 6.90. The molecule has 0 radical (unpaired) electrons. The smallest absolute Gasteiger partial charge is 0.154 e. The van der Waals surface area contributed by atoms with Crippen LogP contribution < -0.4 is 4.74 Å². The molecule has 0 amide bonds. The number of hydrogen-bond donors (Lipinski definition) is 0. The van der Waals surface area contributed by atoms with Crippen molar-refractivity contribution in [3.8, 4) is 11.5 Å². The van der Waals surface area contributed by atoms with Gasteiger partial charge in [0.1, 0.15) is 5.75 Å². The maximum Gasteiger partial charge on any atom is 0.154 e. The van der Waals surface area contributed by atoms with E-state index in [0.717, 1.165) is 5.75 Å². The predicted octanol–water partition coefficient (Wildman–Crippen LogP) is 2.47. The van der Waals surface area contributed by atoms with Crippen molar-refractivity contribution in [2.24, 2.45) is 0 Å². The second kappa shape index (κ2) is 3.59. The van der Waals surface area contributed by atoms with Crippen LogP contribution in [0.3, 0.4) is 0 Å². The van der Waals surface area contributed by atoms with Gasteiger partial charge in [-0.25, -0.2) is 4.98 Å². The van der Waals surface area contributed by atoms with Gasteiger partial charge in [0.05, 0.1) is 6.20 Å². The molecule has 0 saturated carbocycles. The van der Waals surface area contributed by atoms with Gasteiger partial charge < -0.3 is 4.74 Å². The van der Waals surface area contributed by atoms with Crippen molar-refractivity contribution in [3.63, 3.8) is 0 Å². The van der Waals surface area contributed by atoms with E-state index in [4.69, 9.17) is 4.74 Å². The molecule has 0 unspecified atom stereocenters. The fraction of sp³-hybridized carbons (Fsp3) is 0. The number of nitrogens with zero attached hydrogens (tertiary/aromatic N) is 1. The molecule has 0 N–H and O–H groups in total. The molecule has 0 bridgehead atoms. The Kier molecular flexibility index (Phi) is 2.11. The highest BCUT2D eigenvalue weighted by Gasteiger charge is 1.93. The molecule has 2 rings (SSSR count). The SMILES string of the molecule is c1cc(Oc2ccccc2)cnc#1. The van der Waals surface area contributed by atoms with Crippen LogP contribution in [0.25, 0.3) is 0 Å². The van der Waals surface area contributed by atoms with Gasteiger partial charge >= 0.3 is 0 Å². The van der Waals surface area contributed by atoms with Crippen LogP contribution in [-0.2, 0) is 0 Å². The lowest BCUT2D eigenvalue weighted by Crippen LogP contribution is -1.82. The molecule has 1 heterocycles. The average molecular weight is 169 g/mol. The summed E-state index contributed by atoms with van der Waals surface area (Å²) in [6.45, 7) is 0. The first-order valence-electron chi connectivity index (χ1n) is 3.92. The number of para-hydroxylation sites is 1. The Morgan fingerprint density at radius 3 is 2.62 bits per heavy atom. The highest BCUT2D eigenvalue weighted by Crippen LogP contribution is 2.17. The Morgan fingerprint density at radius 2 is 1.92 bits per heavy atom. The minimum Gasteiger partial charge on any atom is -0.455 e. The zero-order valence-electron chi connectivity index (χ0n) is 6.90. The molecule has 0 fully saturated rings. The third-order valence-corrected chi connectivity index (χ3v) is 1.51. The largest absolute Gasteiger partial charge is 0.455 e. The number of ether oxygens (including phenoxy) is 1. The Hall–Kier alpha value is -2.01. The molecule has 2 heteroatoms. The third-order valence-electron chi connectivity index (χ3n) is 1.51. The van der Waals surface area contributed by atoms with Crippen LogP contribution in [0.4, 0.5) is 0 Å². The third kappa shape index (κ3) is 1.97. The molecule has 2 nitrogen and oxygen atoms in total. The first-order valence-corrected chi connectivity index (χ1v) is 3.92. The van der Waals surface area contributed by atoms with Crippen LogP contribution in [-0.4, -0.2) is 4.98 Å². The van der Waals surface area contributed by atoms with E-state index in [1.807, 2.05) is 30.3 Å². The van der Waals surface area contributed by atoms with Crippen molar-refractivity contribution >= 4 is 0 Å². The molecule has 13 heavy (non-hydrogen) atoms. The molecule has 1 aromatic heterocycles. The fourth-order valence-corrected chi connectivity index (χ4v) is 0.954. The Labute approximate surface area is 76.8 Å². The molecule has 0 saturated heterocycles. The molecule has 62 valence electrons. The van der Waals surface area contributed by atoms with Gasteiger partial charge in [0.15, 0.2) is 5.75 Å². The number of aromatic nitrogens is 1. The van der Waals surface area contributed by atoms with Gasteiger partial charge in [-0.1, -0.05) is 18.2 Å². The minimum absolute atomic E-state index is 0.671. The summed E-state index contributed by atoms with van der Waals surface area (Å²) >= 11 is 0. The van der Waals surface area contributed by atoms with Crippen LogP contribution in [0.1, 0.15) is 0 Å². The van der Waals surface area contributed by atoms with E-state index in [2.05, 4.69) is 17.2 Å². The van der Waals surface area contributed by atoms with E-state index in [1.165, 1.54) is 0 Å². The maximum atomic E-state index is 5.46. The van der Waals surface area contributed by atoms with Crippen LogP contribution >= 0.6 is 0 Å². The van der Waals surface area contributed by atoms with Gasteiger partial charge in [-0.3, -0.25) is 0 Å². The van der Waals surface area contributed by atoms with E-state index in [-0.39, 0.29) is 0 Å². The Balaban J connectivity index is 2.16. The summed E-state index contributed by atoms with van der Waals surface area (Å²) < 4.78 is 5.46. The van der Waals surface area contributed by atoms with Crippen LogP contribution in [0.5, 0.6) is 11.5 Å². The lowest BCUT2D eigenvalue weighted by Gasteiger charge is -2.01. The molecular formula is C11H7NO. The van der Waals surface area contributed by atoms with Crippen LogP contribution in [0.2, 0.25) is 0 Å². The summed E-state index contributed by atoms with van der Waals surface area (Å²) in [5, 5.41) is 0. The van der Waals surface area contributed by atoms with Crippen molar-refractivity contribution in [3.05, 3.63) is 54.9 Å². The monoisotopic (exact) mass is 169 g/mol. The van der Waals surface area contributed by atoms with E-state index in [1.54, 1.807) is 12.3 Å². The van der Waals surface area contributed by atoms with E-state index in [9.17, 15) is 0 Å². The second-order valence-corrected chi connectivity index (χ2v) is 2.48. The molecule has 0 aliphatic rings. The van der Waals surface area contributed by atoms with Gasteiger partial charge in [-0.15, -0.1) is 0 Å². The minimum atomic E-state index is 0.671. The van der Waals surface area contributed by atoms with Gasteiger partial charge in [0.2, 0.25) is 0 Å². The van der Waals surface area contributed by atoms with Gasteiger partial charge in [-0.05, 0) is 18.2 Å². The summed E-state index contributed by atoms with van der Waals surface area (Å²) in [4.78, 5) is 3.78. The molecule has 0 aliphatic heterocycles. The Morgan fingerprint density at radius 1 is 1.08 bits per heavy atom. The standard InChI is InChI=1S/C11H7NO/c1-2-5-10(6-3-1)13-11-7-4-8-12-9-11/h1-3,5-7,9H. The topological polar surface area (TPSA) is 22.1 Å². The predicted molar refractivity (Wildman–Crippen MR) is 48.4 cm³/mol. The summed E-state index contributed by atoms with van der Waals surface area (Å²) in [5.41, 5.74) is 0. The highest BCUT2D eigenvalue weighted by molar-refractivity contribution is 5.27. The Bertz CT molecular complexity index is 321. The quantitative estimate of drug-likeness (QED) is 0.689. The average Bonchev–Trinajstić information content (AvgIpc) is 2.21. The zero-order chi connectivity index (χ0) is 8.93. The van der Waals surface area contributed by atoms with Crippen LogP contribution in [0.15, 0.2) is 42.6 Å². The highest BCUT2D eigenvalue weighted by atomic mass is 16.5. The second-order valence-electron chi connectivity index (χ2n) is 2.48. The summed E-state index contributed by atoms with van der Waals surface area (Å²) in [6.07, 6.45) is 4.16. The first-order chi connectivity index (χ1) is 6.45. The van der Waals surface area contributed by atoms with Crippen LogP contribution in [0, 0.1) is 12.3 Å². The maximum absolute atomic E-state index is 5.46. The van der Waals surface area contributed by atoms with E-state index < -0.39 is 0 Å².